The molecule has 0 bridgehead atoms. The topological polar surface area (TPSA) is 47.2 Å². The zero-order valence-electron chi connectivity index (χ0n) is 5.52. The van der Waals surface area contributed by atoms with Crippen molar-refractivity contribution in [2.45, 2.75) is 0 Å². The highest BCUT2D eigenvalue weighted by Gasteiger charge is 1.97. The molecule has 5 nitrogen and oxygen atoms in total. The zero-order chi connectivity index (χ0) is 6.97. The molecule has 0 aromatic carbocycles. The summed E-state index contributed by atoms with van der Waals surface area (Å²) in [6.07, 6.45) is 5.42. The summed E-state index contributed by atoms with van der Waals surface area (Å²) in [6, 6.07) is 0. The molecule has 0 fully saturated rings. The molecule has 52 valence electrons. The quantitative estimate of drug-likeness (QED) is 0.587. The van der Waals surface area contributed by atoms with Crippen molar-refractivity contribution in [3.63, 3.8) is 0 Å². The van der Waals surface area contributed by atoms with Crippen LogP contribution < -0.4 is 5.43 Å². The van der Waals surface area contributed by atoms with E-state index in [-0.39, 0.29) is 0 Å². The molecule has 0 aliphatic carbocycles. The van der Waals surface area contributed by atoms with E-state index in [9.17, 15) is 0 Å². The standard InChI is InChI=1S/C5H7N5/c1-6-10-3-2-9-4-7-8-5(9)10/h2-4,6H,1H3. The van der Waals surface area contributed by atoms with E-state index >= 15 is 0 Å². The van der Waals surface area contributed by atoms with Crippen LogP contribution in [0.2, 0.25) is 0 Å². The highest BCUT2D eigenvalue weighted by atomic mass is 15.5. The third kappa shape index (κ3) is 0.513. The molecule has 0 spiro atoms. The summed E-state index contributed by atoms with van der Waals surface area (Å²) < 4.78 is 3.61. The summed E-state index contributed by atoms with van der Waals surface area (Å²) >= 11 is 0. The fourth-order valence-corrected chi connectivity index (χ4v) is 0.894. The maximum atomic E-state index is 3.86. The Morgan fingerprint density at radius 3 is 3.20 bits per heavy atom. The van der Waals surface area contributed by atoms with Gasteiger partial charge in [-0.2, -0.15) is 0 Å². The summed E-state index contributed by atoms with van der Waals surface area (Å²) in [4.78, 5) is 0. The van der Waals surface area contributed by atoms with Crippen molar-refractivity contribution in [2.75, 3.05) is 12.5 Å². The van der Waals surface area contributed by atoms with Gasteiger partial charge in [0.15, 0.2) is 0 Å². The molecule has 0 saturated heterocycles. The Morgan fingerprint density at radius 1 is 1.50 bits per heavy atom. The Hall–Kier alpha value is -1.52. The summed E-state index contributed by atoms with van der Waals surface area (Å²) in [6.45, 7) is 0. The lowest BCUT2D eigenvalue weighted by atomic mass is 10.9. The van der Waals surface area contributed by atoms with Gasteiger partial charge < -0.3 is 5.43 Å². The highest BCUT2D eigenvalue weighted by molar-refractivity contribution is 5.28. The molecule has 0 radical (unpaired) electrons. The van der Waals surface area contributed by atoms with Crippen LogP contribution in [0.4, 0.5) is 0 Å². The number of hydrogen-bond donors (Lipinski definition) is 1. The molecule has 10 heavy (non-hydrogen) atoms. The number of nitrogens with one attached hydrogen (secondary N) is 1. The Kier molecular flexibility index (Phi) is 0.913. The first kappa shape index (κ1) is 5.28. The summed E-state index contributed by atoms with van der Waals surface area (Å²) in [5.74, 6) is 0.794. The minimum absolute atomic E-state index is 0.794. The lowest BCUT2D eigenvalue weighted by Crippen LogP contribution is -2.07. The van der Waals surface area contributed by atoms with Gasteiger partial charge in [0, 0.05) is 19.4 Å². The number of nitrogens with zero attached hydrogens (tertiary/aromatic N) is 4. The number of aromatic nitrogens is 4. The lowest BCUT2D eigenvalue weighted by molar-refractivity contribution is 0.932. The number of hydrogen-bond acceptors (Lipinski definition) is 3. The summed E-state index contributed by atoms with van der Waals surface area (Å²) in [5.41, 5.74) is 2.93. The Morgan fingerprint density at radius 2 is 2.40 bits per heavy atom. The number of fused-ring (bicyclic) bond motifs is 1. The van der Waals surface area contributed by atoms with Crippen molar-refractivity contribution >= 4 is 5.78 Å². The first-order valence-corrected chi connectivity index (χ1v) is 2.96. The van der Waals surface area contributed by atoms with Crippen molar-refractivity contribution in [3.8, 4) is 0 Å². The Balaban J connectivity index is 2.76. The first-order chi connectivity index (χ1) is 4.92. The molecule has 0 amide bonds. The van der Waals surface area contributed by atoms with E-state index in [1.165, 1.54) is 0 Å². The second kappa shape index (κ2) is 1.73. The maximum Gasteiger partial charge on any atom is 0.253 e. The molecule has 2 heterocycles. The van der Waals surface area contributed by atoms with Gasteiger partial charge in [0.1, 0.15) is 6.33 Å². The van der Waals surface area contributed by atoms with E-state index in [0.29, 0.717) is 0 Å². The van der Waals surface area contributed by atoms with Gasteiger partial charge in [0.05, 0.1) is 0 Å². The minimum atomic E-state index is 0.794. The van der Waals surface area contributed by atoms with Crippen LogP contribution in [0, 0.1) is 0 Å². The van der Waals surface area contributed by atoms with Crippen LogP contribution in [0.15, 0.2) is 18.7 Å². The van der Waals surface area contributed by atoms with Gasteiger partial charge in [-0.25, -0.2) is 4.68 Å². The molecular weight excluding hydrogens is 130 g/mol. The molecule has 0 aliphatic heterocycles. The van der Waals surface area contributed by atoms with E-state index < -0.39 is 0 Å². The molecular formula is C5H7N5. The predicted molar refractivity (Wildman–Crippen MR) is 36.3 cm³/mol. The summed E-state index contributed by atoms with van der Waals surface area (Å²) in [5, 5.41) is 7.58. The first-order valence-electron chi connectivity index (χ1n) is 2.96. The van der Waals surface area contributed by atoms with Crippen LogP contribution in [0.3, 0.4) is 0 Å². The van der Waals surface area contributed by atoms with Gasteiger partial charge in [-0.1, -0.05) is 0 Å². The van der Waals surface area contributed by atoms with Gasteiger partial charge >= 0.3 is 0 Å². The van der Waals surface area contributed by atoms with Crippen molar-refractivity contribution in [1.82, 2.24) is 19.3 Å². The zero-order valence-corrected chi connectivity index (χ0v) is 5.52. The number of rotatable bonds is 1. The van der Waals surface area contributed by atoms with Crippen molar-refractivity contribution in [3.05, 3.63) is 18.7 Å². The van der Waals surface area contributed by atoms with E-state index in [4.69, 9.17) is 0 Å². The molecule has 1 N–H and O–H groups in total. The monoisotopic (exact) mass is 137 g/mol. The van der Waals surface area contributed by atoms with Crippen LogP contribution >= 0.6 is 0 Å². The van der Waals surface area contributed by atoms with Crippen LogP contribution in [-0.2, 0) is 0 Å². The molecule has 2 rings (SSSR count). The molecule has 0 aliphatic rings. The van der Waals surface area contributed by atoms with Gasteiger partial charge in [-0.3, -0.25) is 4.40 Å². The smallest absolute Gasteiger partial charge is 0.253 e. The molecule has 2 aromatic rings. The normalized spacial score (nSPS) is 10.5. The van der Waals surface area contributed by atoms with Crippen molar-refractivity contribution < 1.29 is 0 Å². The molecule has 5 heteroatoms. The van der Waals surface area contributed by atoms with Gasteiger partial charge in [0.25, 0.3) is 5.78 Å². The lowest BCUT2D eigenvalue weighted by Gasteiger charge is -1.96. The van der Waals surface area contributed by atoms with Gasteiger partial charge in [-0.15, -0.1) is 10.2 Å². The van der Waals surface area contributed by atoms with E-state index in [1.807, 2.05) is 23.8 Å². The third-order valence-electron chi connectivity index (χ3n) is 1.39. The highest BCUT2D eigenvalue weighted by Crippen LogP contribution is 1.95. The average molecular weight is 137 g/mol. The van der Waals surface area contributed by atoms with Crippen LogP contribution in [0.5, 0.6) is 0 Å². The molecule has 0 saturated carbocycles. The van der Waals surface area contributed by atoms with E-state index in [0.717, 1.165) is 5.78 Å². The average Bonchev–Trinajstić information content (AvgIpc) is 2.44. The fourth-order valence-electron chi connectivity index (χ4n) is 0.894. The third-order valence-corrected chi connectivity index (χ3v) is 1.39. The second-order valence-electron chi connectivity index (χ2n) is 1.93. The molecule has 0 unspecified atom stereocenters. The Bertz CT molecular complexity index is 332. The molecule has 2 aromatic heterocycles. The van der Waals surface area contributed by atoms with E-state index in [2.05, 4.69) is 15.6 Å². The second-order valence-corrected chi connectivity index (χ2v) is 1.93. The Labute approximate surface area is 57.3 Å². The van der Waals surface area contributed by atoms with Crippen LogP contribution in [-0.4, -0.2) is 26.3 Å². The fraction of sp³-hybridized carbons (Fsp3) is 0.200. The minimum Gasteiger partial charge on any atom is -0.326 e. The number of imidazole rings is 1. The van der Waals surface area contributed by atoms with Crippen molar-refractivity contribution in [1.29, 1.82) is 0 Å². The van der Waals surface area contributed by atoms with Gasteiger partial charge in [0.2, 0.25) is 0 Å². The van der Waals surface area contributed by atoms with Gasteiger partial charge in [-0.05, 0) is 0 Å². The van der Waals surface area contributed by atoms with E-state index in [1.54, 1.807) is 11.0 Å². The predicted octanol–water partition coefficient (Wildman–Crippen LogP) is -0.296. The van der Waals surface area contributed by atoms with Crippen LogP contribution in [0.25, 0.3) is 5.78 Å². The maximum absolute atomic E-state index is 3.86. The SMILES string of the molecule is CNn1ccn2cnnc12. The largest absolute Gasteiger partial charge is 0.326 e. The summed E-state index contributed by atoms with van der Waals surface area (Å²) in [7, 11) is 1.83. The molecule has 0 atom stereocenters. The van der Waals surface area contributed by atoms with Crippen molar-refractivity contribution in [2.24, 2.45) is 0 Å². The van der Waals surface area contributed by atoms with Crippen LogP contribution in [0.1, 0.15) is 0 Å².